The molecule has 1 aliphatic rings. The fraction of sp³-hybridized carbons (Fsp3) is 0.562. The molecule has 4 heteroatoms. The van der Waals surface area contributed by atoms with Crippen LogP contribution < -0.4 is 10.5 Å². The number of carbonyl (C=O) groups excluding carboxylic acids is 1. The number of benzene rings is 1. The number of hydrogen-bond acceptors (Lipinski definition) is 3. The number of ether oxygens (including phenoxy) is 1. The van der Waals surface area contributed by atoms with E-state index in [-0.39, 0.29) is 5.91 Å². The standard InChI is InChI=1S/C16H24N2O2/c1-11-9-12(2)15(10-14(11)17)20-13(3)16(19)18-7-5-4-6-8-18/h9-10,13H,4-8,17H2,1-3H3. The lowest BCUT2D eigenvalue weighted by atomic mass is 10.1. The van der Waals surface area contributed by atoms with E-state index in [0.717, 1.165) is 37.1 Å². The Bertz CT molecular complexity index is 493. The van der Waals surface area contributed by atoms with Crippen LogP contribution in [0.15, 0.2) is 12.1 Å². The quantitative estimate of drug-likeness (QED) is 0.864. The summed E-state index contributed by atoms with van der Waals surface area (Å²) in [7, 11) is 0. The van der Waals surface area contributed by atoms with Crippen LogP contribution in [0, 0.1) is 13.8 Å². The Balaban J connectivity index is 2.05. The van der Waals surface area contributed by atoms with Gasteiger partial charge in [0.2, 0.25) is 0 Å². The zero-order valence-electron chi connectivity index (χ0n) is 12.6. The van der Waals surface area contributed by atoms with Crippen molar-refractivity contribution in [1.29, 1.82) is 0 Å². The molecule has 0 aromatic heterocycles. The topological polar surface area (TPSA) is 55.6 Å². The van der Waals surface area contributed by atoms with E-state index in [1.54, 1.807) is 0 Å². The Morgan fingerprint density at radius 3 is 2.50 bits per heavy atom. The van der Waals surface area contributed by atoms with E-state index >= 15 is 0 Å². The highest BCUT2D eigenvalue weighted by Crippen LogP contribution is 2.25. The van der Waals surface area contributed by atoms with Gasteiger partial charge in [-0.1, -0.05) is 6.07 Å². The lowest BCUT2D eigenvalue weighted by molar-refractivity contribution is -0.138. The maximum absolute atomic E-state index is 12.3. The van der Waals surface area contributed by atoms with E-state index in [2.05, 4.69) is 0 Å². The van der Waals surface area contributed by atoms with Gasteiger partial charge in [-0.05, 0) is 51.2 Å². The second-order valence-corrected chi connectivity index (χ2v) is 5.62. The molecule has 2 N–H and O–H groups in total. The minimum atomic E-state index is -0.464. The van der Waals surface area contributed by atoms with Gasteiger partial charge in [0, 0.05) is 24.8 Å². The maximum atomic E-state index is 12.3. The van der Waals surface area contributed by atoms with Crippen molar-refractivity contribution in [3.8, 4) is 5.75 Å². The van der Waals surface area contributed by atoms with Crippen molar-refractivity contribution in [3.05, 3.63) is 23.3 Å². The Hall–Kier alpha value is -1.71. The van der Waals surface area contributed by atoms with Crippen LogP contribution in [-0.4, -0.2) is 30.0 Å². The van der Waals surface area contributed by atoms with E-state index in [1.807, 2.05) is 37.8 Å². The van der Waals surface area contributed by atoms with E-state index in [9.17, 15) is 4.79 Å². The summed E-state index contributed by atoms with van der Waals surface area (Å²) in [5.41, 5.74) is 8.65. The first-order valence-electron chi connectivity index (χ1n) is 7.31. The van der Waals surface area contributed by atoms with E-state index in [1.165, 1.54) is 6.42 Å². The van der Waals surface area contributed by atoms with Crippen molar-refractivity contribution in [2.75, 3.05) is 18.8 Å². The second kappa shape index (κ2) is 6.16. The summed E-state index contributed by atoms with van der Waals surface area (Å²) in [6.07, 6.45) is 2.94. The summed E-state index contributed by atoms with van der Waals surface area (Å²) in [5, 5.41) is 0. The van der Waals surface area contributed by atoms with Crippen LogP contribution >= 0.6 is 0 Å². The molecule has 0 bridgehead atoms. The molecule has 1 atom stereocenters. The number of piperidine rings is 1. The molecule has 110 valence electrons. The number of rotatable bonds is 3. The smallest absolute Gasteiger partial charge is 0.263 e. The summed E-state index contributed by atoms with van der Waals surface area (Å²) < 4.78 is 5.82. The van der Waals surface area contributed by atoms with Crippen molar-refractivity contribution in [2.45, 2.75) is 46.1 Å². The van der Waals surface area contributed by atoms with Crippen molar-refractivity contribution in [3.63, 3.8) is 0 Å². The first-order chi connectivity index (χ1) is 9.49. The van der Waals surface area contributed by atoms with Crippen LogP contribution in [0.4, 0.5) is 5.69 Å². The fourth-order valence-electron chi connectivity index (χ4n) is 2.59. The molecule has 0 aliphatic carbocycles. The van der Waals surface area contributed by atoms with Crippen molar-refractivity contribution < 1.29 is 9.53 Å². The van der Waals surface area contributed by atoms with Crippen LogP contribution in [0.5, 0.6) is 5.75 Å². The highest BCUT2D eigenvalue weighted by Gasteiger charge is 2.23. The molecule has 1 aromatic rings. The number of amides is 1. The van der Waals surface area contributed by atoms with Gasteiger partial charge < -0.3 is 15.4 Å². The molecule has 1 aromatic carbocycles. The van der Waals surface area contributed by atoms with Crippen LogP contribution in [0.3, 0.4) is 0 Å². The van der Waals surface area contributed by atoms with Gasteiger partial charge in [-0.15, -0.1) is 0 Å². The summed E-state index contributed by atoms with van der Waals surface area (Å²) in [6.45, 7) is 7.45. The van der Waals surface area contributed by atoms with Crippen LogP contribution in [0.2, 0.25) is 0 Å². The molecule has 4 nitrogen and oxygen atoms in total. The number of carbonyl (C=O) groups is 1. The molecule has 1 aliphatic heterocycles. The van der Waals surface area contributed by atoms with Gasteiger partial charge >= 0.3 is 0 Å². The number of nitrogens with zero attached hydrogens (tertiary/aromatic N) is 1. The maximum Gasteiger partial charge on any atom is 0.263 e. The van der Waals surface area contributed by atoms with Crippen molar-refractivity contribution >= 4 is 11.6 Å². The summed E-state index contributed by atoms with van der Waals surface area (Å²) in [5.74, 6) is 0.772. The average molecular weight is 276 g/mol. The van der Waals surface area contributed by atoms with Gasteiger partial charge in [-0.25, -0.2) is 0 Å². The summed E-state index contributed by atoms with van der Waals surface area (Å²) in [4.78, 5) is 14.2. The normalized spacial score (nSPS) is 16.9. The molecule has 1 amide bonds. The Kier molecular flexibility index (Phi) is 4.53. The lowest BCUT2D eigenvalue weighted by Crippen LogP contribution is -2.43. The average Bonchev–Trinajstić information content (AvgIpc) is 2.44. The zero-order valence-corrected chi connectivity index (χ0v) is 12.6. The molecule has 1 heterocycles. The molecule has 0 saturated carbocycles. The highest BCUT2D eigenvalue weighted by atomic mass is 16.5. The van der Waals surface area contributed by atoms with E-state index in [0.29, 0.717) is 11.4 Å². The summed E-state index contributed by atoms with van der Waals surface area (Å²) >= 11 is 0. The van der Waals surface area contributed by atoms with Gasteiger partial charge in [-0.2, -0.15) is 0 Å². The number of hydrogen-bond donors (Lipinski definition) is 1. The van der Waals surface area contributed by atoms with Crippen LogP contribution in [0.25, 0.3) is 0 Å². The lowest BCUT2D eigenvalue weighted by Gasteiger charge is -2.29. The number of anilines is 1. The van der Waals surface area contributed by atoms with Crippen molar-refractivity contribution in [1.82, 2.24) is 4.90 Å². The minimum Gasteiger partial charge on any atom is -0.481 e. The van der Waals surface area contributed by atoms with Crippen LogP contribution in [0.1, 0.15) is 37.3 Å². The molecular formula is C16H24N2O2. The number of nitrogens with two attached hydrogens (primary N) is 1. The van der Waals surface area contributed by atoms with Crippen molar-refractivity contribution in [2.24, 2.45) is 0 Å². The highest BCUT2D eigenvalue weighted by molar-refractivity contribution is 5.81. The predicted octanol–water partition coefficient (Wildman–Crippen LogP) is 2.67. The van der Waals surface area contributed by atoms with E-state index in [4.69, 9.17) is 10.5 Å². The Labute approximate surface area is 120 Å². The molecule has 1 saturated heterocycles. The van der Waals surface area contributed by atoms with Crippen LogP contribution in [-0.2, 0) is 4.79 Å². The third kappa shape index (κ3) is 3.24. The number of nitrogen functional groups attached to an aromatic ring is 1. The molecule has 1 fully saturated rings. The van der Waals surface area contributed by atoms with Gasteiger partial charge in [0.15, 0.2) is 6.10 Å². The molecular weight excluding hydrogens is 252 g/mol. The fourth-order valence-corrected chi connectivity index (χ4v) is 2.59. The van der Waals surface area contributed by atoms with Gasteiger partial charge in [0.1, 0.15) is 5.75 Å². The van der Waals surface area contributed by atoms with Gasteiger partial charge in [-0.3, -0.25) is 4.79 Å². The third-order valence-electron chi connectivity index (χ3n) is 3.88. The SMILES string of the molecule is Cc1cc(C)c(OC(C)C(=O)N2CCCCC2)cc1N. The van der Waals surface area contributed by atoms with E-state index < -0.39 is 6.10 Å². The molecule has 0 radical (unpaired) electrons. The van der Waals surface area contributed by atoms with Gasteiger partial charge in [0.25, 0.3) is 5.91 Å². The predicted molar refractivity (Wildman–Crippen MR) is 80.8 cm³/mol. The molecule has 1 unspecified atom stereocenters. The first-order valence-corrected chi connectivity index (χ1v) is 7.31. The Morgan fingerprint density at radius 2 is 1.85 bits per heavy atom. The third-order valence-corrected chi connectivity index (χ3v) is 3.88. The molecule has 0 spiro atoms. The largest absolute Gasteiger partial charge is 0.481 e. The first kappa shape index (κ1) is 14.7. The monoisotopic (exact) mass is 276 g/mol. The molecule has 20 heavy (non-hydrogen) atoms. The second-order valence-electron chi connectivity index (χ2n) is 5.62. The van der Waals surface area contributed by atoms with Gasteiger partial charge in [0.05, 0.1) is 0 Å². The zero-order chi connectivity index (χ0) is 14.7. The number of aryl methyl sites for hydroxylation is 2. The minimum absolute atomic E-state index is 0.0725. The number of likely N-dealkylation sites (tertiary alicyclic amines) is 1. The Morgan fingerprint density at radius 1 is 1.20 bits per heavy atom. The molecule has 2 rings (SSSR count). The summed E-state index contributed by atoms with van der Waals surface area (Å²) in [6, 6.07) is 3.80.